The normalized spacial score (nSPS) is 18.6. The average Bonchev–Trinajstić information content (AvgIpc) is 3.24. The molecule has 1 N–H and O–H groups in total. The van der Waals surface area contributed by atoms with Crippen LogP contribution in [0.1, 0.15) is 22.2 Å². The molecule has 0 saturated carbocycles. The number of ketones is 1. The number of amides is 1. The molecule has 28 heavy (non-hydrogen) atoms. The molecule has 1 aliphatic rings. The predicted molar refractivity (Wildman–Crippen MR) is 102 cm³/mol. The highest BCUT2D eigenvalue weighted by molar-refractivity contribution is 7.15. The Bertz CT molecular complexity index is 1090. The first-order chi connectivity index (χ1) is 13.5. The Morgan fingerprint density at radius 3 is 2.36 bits per heavy atom. The molecule has 2 aromatic carbocycles. The second kappa shape index (κ2) is 6.97. The lowest BCUT2D eigenvalue weighted by Crippen LogP contribution is -2.29. The van der Waals surface area contributed by atoms with Crippen LogP contribution in [0.2, 0.25) is 0 Å². The SMILES string of the molecule is Cc1nnc(N2C(=O)C(=O)/C(=C(/O)c3ccc(F)cc3)C2c2ccccc2)s1. The summed E-state index contributed by atoms with van der Waals surface area (Å²) in [6.45, 7) is 1.74. The van der Waals surface area contributed by atoms with E-state index >= 15 is 0 Å². The van der Waals surface area contributed by atoms with E-state index in [0.717, 1.165) is 0 Å². The summed E-state index contributed by atoms with van der Waals surface area (Å²) in [5.74, 6) is -2.46. The minimum atomic E-state index is -0.862. The Morgan fingerprint density at radius 2 is 1.75 bits per heavy atom. The molecule has 0 bridgehead atoms. The maximum absolute atomic E-state index is 13.3. The quantitative estimate of drug-likeness (QED) is 0.416. The van der Waals surface area contributed by atoms with Gasteiger partial charge in [0.1, 0.15) is 16.6 Å². The number of benzene rings is 2. The monoisotopic (exact) mass is 395 g/mol. The largest absolute Gasteiger partial charge is 0.507 e. The van der Waals surface area contributed by atoms with Gasteiger partial charge in [0.15, 0.2) is 0 Å². The molecule has 6 nitrogen and oxygen atoms in total. The Hall–Kier alpha value is -3.39. The molecule has 1 amide bonds. The number of aliphatic hydroxyl groups is 1. The van der Waals surface area contributed by atoms with Crippen LogP contribution in [0, 0.1) is 12.7 Å². The van der Waals surface area contributed by atoms with Crippen LogP contribution < -0.4 is 4.90 Å². The maximum Gasteiger partial charge on any atom is 0.301 e. The third kappa shape index (κ3) is 2.97. The zero-order valence-corrected chi connectivity index (χ0v) is 15.5. The first-order valence-corrected chi connectivity index (χ1v) is 9.21. The molecule has 8 heteroatoms. The summed E-state index contributed by atoms with van der Waals surface area (Å²) in [5, 5.41) is 19.7. The van der Waals surface area contributed by atoms with Gasteiger partial charge in [0, 0.05) is 5.56 Å². The number of anilines is 1. The van der Waals surface area contributed by atoms with Crippen molar-refractivity contribution >= 4 is 33.9 Å². The molecule has 1 fully saturated rings. The number of halogens is 1. The number of Topliss-reactive ketones (excluding diaryl/α,β-unsaturated/α-hetero) is 1. The number of aromatic nitrogens is 2. The van der Waals surface area contributed by atoms with Gasteiger partial charge in [-0.3, -0.25) is 14.5 Å². The van der Waals surface area contributed by atoms with Crippen molar-refractivity contribution < 1.29 is 19.1 Å². The maximum atomic E-state index is 13.3. The van der Waals surface area contributed by atoms with E-state index in [1.807, 2.05) is 6.07 Å². The van der Waals surface area contributed by atoms with Crippen LogP contribution in [0.4, 0.5) is 9.52 Å². The average molecular weight is 395 g/mol. The fraction of sp³-hybridized carbons (Fsp3) is 0.100. The molecule has 2 heterocycles. The Kier molecular flexibility index (Phi) is 4.48. The molecule has 1 saturated heterocycles. The van der Waals surface area contributed by atoms with Gasteiger partial charge < -0.3 is 5.11 Å². The van der Waals surface area contributed by atoms with E-state index in [2.05, 4.69) is 10.2 Å². The zero-order chi connectivity index (χ0) is 19.8. The van der Waals surface area contributed by atoms with E-state index in [-0.39, 0.29) is 22.0 Å². The van der Waals surface area contributed by atoms with Crippen molar-refractivity contribution in [1.29, 1.82) is 0 Å². The molecular weight excluding hydrogens is 381 g/mol. The van der Waals surface area contributed by atoms with Crippen LogP contribution in [0.5, 0.6) is 0 Å². The fourth-order valence-electron chi connectivity index (χ4n) is 3.13. The summed E-state index contributed by atoms with van der Waals surface area (Å²) in [5.41, 5.74) is 0.808. The zero-order valence-electron chi connectivity index (χ0n) is 14.7. The molecule has 0 aliphatic carbocycles. The molecule has 1 unspecified atom stereocenters. The van der Waals surface area contributed by atoms with E-state index < -0.39 is 23.5 Å². The van der Waals surface area contributed by atoms with Crippen molar-refractivity contribution in [1.82, 2.24) is 10.2 Å². The van der Waals surface area contributed by atoms with Crippen molar-refractivity contribution in [2.45, 2.75) is 13.0 Å². The summed E-state index contributed by atoms with van der Waals surface area (Å²) in [7, 11) is 0. The van der Waals surface area contributed by atoms with Crippen LogP contribution in [-0.4, -0.2) is 27.0 Å². The molecule has 0 radical (unpaired) electrons. The Labute approximate surface area is 163 Å². The topological polar surface area (TPSA) is 83.4 Å². The predicted octanol–water partition coefficient (Wildman–Crippen LogP) is 3.61. The number of hydrogen-bond donors (Lipinski definition) is 1. The standard InChI is InChI=1S/C20H14FN3O3S/c1-11-22-23-20(28-11)24-16(12-5-3-2-4-6-12)15(18(26)19(24)27)17(25)13-7-9-14(21)10-8-13/h2-10,16,25H,1H3/b17-15+. The van der Waals surface area contributed by atoms with Gasteiger partial charge in [0.05, 0.1) is 11.6 Å². The lowest BCUT2D eigenvalue weighted by Gasteiger charge is -2.22. The molecule has 4 rings (SSSR count). The highest BCUT2D eigenvalue weighted by atomic mass is 32.1. The third-order valence-corrected chi connectivity index (χ3v) is 5.24. The van der Waals surface area contributed by atoms with E-state index in [9.17, 15) is 19.1 Å². The first kappa shape index (κ1) is 18.0. The summed E-state index contributed by atoms with van der Waals surface area (Å²) >= 11 is 1.18. The highest BCUT2D eigenvalue weighted by Crippen LogP contribution is 2.42. The van der Waals surface area contributed by atoms with E-state index in [1.54, 1.807) is 31.2 Å². The summed E-state index contributed by atoms with van der Waals surface area (Å²) in [6, 6.07) is 13.1. The number of carbonyl (C=O) groups excluding carboxylic acids is 2. The van der Waals surface area contributed by atoms with Crippen LogP contribution in [0.15, 0.2) is 60.2 Å². The van der Waals surface area contributed by atoms with Gasteiger partial charge in [0.2, 0.25) is 5.13 Å². The van der Waals surface area contributed by atoms with Gasteiger partial charge in [-0.1, -0.05) is 41.7 Å². The van der Waals surface area contributed by atoms with Gasteiger partial charge in [-0.05, 0) is 36.8 Å². The number of rotatable bonds is 3. The smallest absolute Gasteiger partial charge is 0.301 e. The third-order valence-electron chi connectivity index (χ3n) is 4.40. The molecule has 3 aromatic rings. The van der Waals surface area contributed by atoms with Crippen molar-refractivity contribution in [3.8, 4) is 0 Å². The van der Waals surface area contributed by atoms with Crippen molar-refractivity contribution in [3.63, 3.8) is 0 Å². The van der Waals surface area contributed by atoms with Crippen molar-refractivity contribution in [2.75, 3.05) is 4.90 Å². The Morgan fingerprint density at radius 1 is 1.07 bits per heavy atom. The van der Waals surface area contributed by atoms with Gasteiger partial charge in [-0.2, -0.15) is 0 Å². The van der Waals surface area contributed by atoms with Gasteiger partial charge >= 0.3 is 5.91 Å². The van der Waals surface area contributed by atoms with Gasteiger partial charge in [-0.15, -0.1) is 10.2 Å². The van der Waals surface area contributed by atoms with E-state index in [1.165, 1.54) is 40.5 Å². The van der Waals surface area contributed by atoms with Crippen molar-refractivity contribution in [3.05, 3.63) is 82.1 Å². The lowest BCUT2D eigenvalue weighted by atomic mass is 9.95. The van der Waals surface area contributed by atoms with Crippen molar-refractivity contribution in [2.24, 2.45) is 0 Å². The van der Waals surface area contributed by atoms with Crippen LogP contribution in [0.25, 0.3) is 5.76 Å². The first-order valence-electron chi connectivity index (χ1n) is 8.39. The summed E-state index contributed by atoms with van der Waals surface area (Å²) in [4.78, 5) is 26.9. The number of hydrogen-bond acceptors (Lipinski definition) is 6. The molecule has 0 spiro atoms. The molecular formula is C20H14FN3O3S. The molecule has 140 valence electrons. The number of nitrogens with zero attached hydrogens (tertiary/aromatic N) is 3. The summed E-state index contributed by atoms with van der Waals surface area (Å²) < 4.78 is 13.3. The van der Waals surface area contributed by atoms with Gasteiger partial charge in [0.25, 0.3) is 5.78 Å². The number of aryl methyl sites for hydroxylation is 1. The molecule has 1 aliphatic heterocycles. The minimum Gasteiger partial charge on any atom is -0.507 e. The van der Waals surface area contributed by atoms with Crippen LogP contribution >= 0.6 is 11.3 Å². The minimum absolute atomic E-state index is 0.0735. The summed E-state index contributed by atoms with van der Waals surface area (Å²) in [6.07, 6.45) is 0. The van der Waals surface area contributed by atoms with E-state index in [0.29, 0.717) is 10.6 Å². The Balaban J connectivity index is 1.93. The fourth-order valence-corrected chi connectivity index (χ4v) is 3.84. The molecule has 1 aromatic heterocycles. The van der Waals surface area contributed by atoms with Crippen LogP contribution in [0.3, 0.4) is 0 Å². The second-order valence-corrected chi connectivity index (χ2v) is 7.35. The number of aliphatic hydroxyl groups excluding tert-OH is 1. The van der Waals surface area contributed by atoms with Crippen LogP contribution in [-0.2, 0) is 9.59 Å². The highest BCUT2D eigenvalue weighted by Gasteiger charge is 2.48. The molecule has 1 atom stereocenters. The lowest BCUT2D eigenvalue weighted by molar-refractivity contribution is -0.132. The van der Waals surface area contributed by atoms with Gasteiger partial charge in [-0.25, -0.2) is 4.39 Å². The van der Waals surface area contributed by atoms with E-state index in [4.69, 9.17) is 0 Å². The number of carbonyl (C=O) groups is 2. The second-order valence-electron chi connectivity index (χ2n) is 6.19.